The molecule has 2 aliphatic rings. The van der Waals surface area contributed by atoms with Crippen molar-refractivity contribution in [2.45, 2.75) is 64.3 Å². The maximum absolute atomic E-state index is 13.1. The van der Waals surface area contributed by atoms with E-state index < -0.39 is 23.5 Å². The molecular formula is C23H34ClN5O4. The number of aliphatic imine (C=N–C) groups is 1. The number of rotatable bonds is 5. The molecular weight excluding hydrogens is 446 g/mol. The summed E-state index contributed by atoms with van der Waals surface area (Å²) in [6.45, 7) is 9.41. The SMILES string of the molecule is CN(C)C=NC(=O)C1CC1c1cc([C@H]2COC(C)(C)N2C(=O)OC(C)(C)C)cc(NN)c1Cl. The van der Waals surface area contributed by atoms with E-state index in [4.69, 9.17) is 26.9 Å². The van der Waals surface area contributed by atoms with E-state index in [1.807, 2.05) is 60.8 Å². The van der Waals surface area contributed by atoms with Crippen LogP contribution < -0.4 is 11.3 Å². The molecule has 1 heterocycles. The smallest absolute Gasteiger partial charge is 0.413 e. The largest absolute Gasteiger partial charge is 0.444 e. The molecule has 3 N–H and O–H groups in total. The molecule has 0 radical (unpaired) electrons. The zero-order chi connectivity index (χ0) is 24.7. The van der Waals surface area contributed by atoms with Crippen molar-refractivity contribution in [3.05, 3.63) is 28.3 Å². The van der Waals surface area contributed by atoms with E-state index in [9.17, 15) is 9.59 Å². The van der Waals surface area contributed by atoms with Gasteiger partial charge in [-0.25, -0.2) is 9.79 Å². The Labute approximate surface area is 200 Å². The molecule has 182 valence electrons. The molecule has 2 unspecified atom stereocenters. The second-order valence-corrected chi connectivity index (χ2v) is 10.6. The third kappa shape index (κ3) is 5.59. The summed E-state index contributed by atoms with van der Waals surface area (Å²) in [5.74, 6) is 5.26. The molecule has 1 saturated carbocycles. The Kier molecular flexibility index (Phi) is 6.98. The number of nitrogens with zero attached hydrogens (tertiary/aromatic N) is 3. The number of nitrogens with two attached hydrogens (primary N) is 1. The van der Waals surface area contributed by atoms with Crippen LogP contribution in [0.1, 0.15) is 64.1 Å². The number of carbonyl (C=O) groups excluding carboxylic acids is 2. The molecule has 9 nitrogen and oxygen atoms in total. The van der Waals surface area contributed by atoms with Gasteiger partial charge in [-0.05, 0) is 64.2 Å². The number of amides is 2. The van der Waals surface area contributed by atoms with Gasteiger partial charge in [0.05, 0.1) is 29.7 Å². The van der Waals surface area contributed by atoms with Crippen LogP contribution in [0.2, 0.25) is 5.02 Å². The van der Waals surface area contributed by atoms with Gasteiger partial charge in [0.25, 0.3) is 5.91 Å². The second kappa shape index (κ2) is 9.12. The zero-order valence-electron chi connectivity index (χ0n) is 20.3. The second-order valence-electron chi connectivity index (χ2n) is 10.2. The molecule has 2 fully saturated rings. The average molecular weight is 480 g/mol. The van der Waals surface area contributed by atoms with Gasteiger partial charge in [0.1, 0.15) is 11.3 Å². The topological polar surface area (TPSA) is 109 Å². The monoisotopic (exact) mass is 479 g/mol. The molecule has 0 spiro atoms. The normalized spacial score (nSPS) is 24.2. The number of benzene rings is 1. The fourth-order valence-corrected chi connectivity index (χ4v) is 4.33. The van der Waals surface area contributed by atoms with Crippen LogP contribution in [0.3, 0.4) is 0 Å². The number of ether oxygens (including phenoxy) is 2. The number of carbonyl (C=O) groups is 2. The molecule has 0 bridgehead atoms. The molecule has 1 aromatic carbocycles. The highest BCUT2D eigenvalue weighted by atomic mass is 35.5. The summed E-state index contributed by atoms with van der Waals surface area (Å²) in [7, 11) is 3.62. The highest BCUT2D eigenvalue weighted by Gasteiger charge is 2.48. The summed E-state index contributed by atoms with van der Waals surface area (Å²) in [5, 5.41) is 0.458. The predicted octanol–water partition coefficient (Wildman–Crippen LogP) is 3.89. The van der Waals surface area contributed by atoms with Crippen molar-refractivity contribution in [3.8, 4) is 0 Å². The van der Waals surface area contributed by atoms with Crippen molar-refractivity contribution in [2.24, 2.45) is 16.8 Å². The fourth-order valence-electron chi connectivity index (χ4n) is 4.02. The van der Waals surface area contributed by atoms with Crippen LogP contribution in [0.5, 0.6) is 0 Å². The summed E-state index contributed by atoms with van der Waals surface area (Å²) in [6, 6.07) is 3.34. The number of hydrazine groups is 1. The van der Waals surface area contributed by atoms with Gasteiger partial charge in [0, 0.05) is 20.0 Å². The predicted molar refractivity (Wildman–Crippen MR) is 128 cm³/mol. The lowest BCUT2D eigenvalue weighted by atomic mass is 9.98. The minimum Gasteiger partial charge on any atom is -0.444 e. The van der Waals surface area contributed by atoms with Gasteiger partial charge < -0.3 is 19.8 Å². The maximum Gasteiger partial charge on any atom is 0.413 e. The zero-order valence-corrected chi connectivity index (χ0v) is 21.1. The van der Waals surface area contributed by atoms with Gasteiger partial charge in [-0.3, -0.25) is 15.5 Å². The van der Waals surface area contributed by atoms with Gasteiger partial charge >= 0.3 is 6.09 Å². The van der Waals surface area contributed by atoms with E-state index in [-0.39, 0.29) is 24.3 Å². The lowest BCUT2D eigenvalue weighted by Crippen LogP contribution is -2.47. The highest BCUT2D eigenvalue weighted by molar-refractivity contribution is 6.34. The summed E-state index contributed by atoms with van der Waals surface area (Å²) in [5.41, 5.74) is 3.25. The van der Waals surface area contributed by atoms with E-state index in [1.54, 1.807) is 9.80 Å². The maximum atomic E-state index is 13.1. The molecule has 1 aliphatic heterocycles. The Hall–Kier alpha value is -2.36. The molecule has 3 rings (SSSR count). The van der Waals surface area contributed by atoms with Crippen molar-refractivity contribution in [1.29, 1.82) is 0 Å². The summed E-state index contributed by atoms with van der Waals surface area (Å²) < 4.78 is 11.6. The number of anilines is 1. The minimum absolute atomic E-state index is 0.0679. The van der Waals surface area contributed by atoms with Crippen LogP contribution in [-0.2, 0) is 14.3 Å². The third-order valence-corrected chi connectivity index (χ3v) is 6.08. The lowest BCUT2D eigenvalue weighted by molar-refractivity contribution is -0.119. The summed E-state index contributed by atoms with van der Waals surface area (Å²) in [6.07, 6.45) is 1.68. The number of halogens is 1. The Morgan fingerprint density at radius 2 is 2.03 bits per heavy atom. The van der Waals surface area contributed by atoms with E-state index in [0.29, 0.717) is 17.1 Å². The first-order valence-corrected chi connectivity index (χ1v) is 11.3. The van der Waals surface area contributed by atoms with Gasteiger partial charge in [-0.2, -0.15) is 0 Å². The molecule has 10 heteroatoms. The molecule has 1 aliphatic carbocycles. The van der Waals surface area contributed by atoms with Gasteiger partial charge in [-0.1, -0.05) is 17.7 Å². The molecule has 0 aromatic heterocycles. The van der Waals surface area contributed by atoms with Crippen molar-refractivity contribution >= 4 is 35.6 Å². The molecule has 1 saturated heterocycles. The first-order valence-electron chi connectivity index (χ1n) is 11.0. The Morgan fingerprint density at radius 3 is 2.61 bits per heavy atom. The van der Waals surface area contributed by atoms with Crippen molar-refractivity contribution < 1.29 is 19.1 Å². The number of hydrogen-bond donors (Lipinski definition) is 2. The quantitative estimate of drug-likeness (QED) is 0.285. The third-order valence-electron chi connectivity index (χ3n) is 5.66. The van der Waals surface area contributed by atoms with Gasteiger partial charge in [0.15, 0.2) is 0 Å². The van der Waals surface area contributed by atoms with Crippen molar-refractivity contribution in [3.63, 3.8) is 0 Å². The average Bonchev–Trinajstić information content (AvgIpc) is 3.41. The fraction of sp³-hybridized carbons (Fsp3) is 0.609. The van der Waals surface area contributed by atoms with Crippen LogP contribution in [0, 0.1) is 5.92 Å². The van der Waals surface area contributed by atoms with Crippen molar-refractivity contribution in [1.82, 2.24) is 9.80 Å². The van der Waals surface area contributed by atoms with E-state index in [0.717, 1.165) is 11.1 Å². The minimum atomic E-state index is -0.859. The molecule has 33 heavy (non-hydrogen) atoms. The Morgan fingerprint density at radius 1 is 1.36 bits per heavy atom. The van der Waals surface area contributed by atoms with Gasteiger partial charge in [0.2, 0.25) is 0 Å². The highest BCUT2D eigenvalue weighted by Crippen LogP contribution is 2.52. The Balaban J connectivity index is 1.94. The summed E-state index contributed by atoms with van der Waals surface area (Å²) in [4.78, 5) is 32.9. The first kappa shape index (κ1) is 25.3. The standard InChI is InChI=1S/C23H34ClN5O4/c1-22(2,3)33-21(31)29-18(11-32-23(29,4)5)13-8-15(19(24)17(9-13)27-25)14-10-16(14)20(30)26-12-28(6)7/h8-9,12,14,16,18,27H,10-11,25H2,1-7H3/t14?,16?,18-/m1/s1. The van der Waals surface area contributed by atoms with E-state index >= 15 is 0 Å². The van der Waals surface area contributed by atoms with Crippen LogP contribution in [0.25, 0.3) is 0 Å². The molecule has 2 amide bonds. The van der Waals surface area contributed by atoms with Crippen molar-refractivity contribution in [2.75, 3.05) is 26.1 Å². The Bertz CT molecular complexity index is 957. The van der Waals surface area contributed by atoms with Crippen LogP contribution in [0.4, 0.5) is 10.5 Å². The lowest BCUT2D eigenvalue weighted by Gasteiger charge is -2.35. The van der Waals surface area contributed by atoms with Crippen LogP contribution >= 0.6 is 11.6 Å². The molecule has 3 atom stereocenters. The number of nitrogen functional groups attached to an aromatic ring is 1. The molecule has 1 aromatic rings. The number of hydrogen-bond acceptors (Lipinski definition) is 6. The van der Waals surface area contributed by atoms with Crippen LogP contribution in [0.15, 0.2) is 17.1 Å². The van der Waals surface area contributed by atoms with E-state index in [1.165, 1.54) is 6.34 Å². The van der Waals surface area contributed by atoms with Gasteiger partial charge in [-0.15, -0.1) is 0 Å². The van der Waals surface area contributed by atoms with Crippen LogP contribution in [-0.4, -0.2) is 60.2 Å². The first-order chi connectivity index (χ1) is 15.2. The number of nitrogens with one attached hydrogen (secondary N) is 1. The van der Waals surface area contributed by atoms with E-state index in [2.05, 4.69) is 10.4 Å². The summed E-state index contributed by atoms with van der Waals surface area (Å²) >= 11 is 6.63.